The molecule has 0 spiro atoms. The van der Waals surface area contributed by atoms with E-state index in [-0.39, 0.29) is 0 Å². The maximum atomic E-state index is 5.68. The minimum Gasteiger partial charge on any atom is -0.493 e. The Morgan fingerprint density at radius 3 is 2.88 bits per heavy atom. The lowest BCUT2D eigenvalue weighted by atomic mass is 10.1. The van der Waals surface area contributed by atoms with E-state index < -0.39 is 0 Å². The molecule has 1 aromatic heterocycles. The number of ether oxygens (including phenoxy) is 1. The molecule has 3 nitrogen and oxygen atoms in total. The molecule has 0 aliphatic rings. The Kier molecular flexibility index (Phi) is 3.64. The van der Waals surface area contributed by atoms with Crippen molar-refractivity contribution in [2.24, 2.45) is 5.92 Å². The second-order valence-corrected chi connectivity index (χ2v) is 5.19. The summed E-state index contributed by atoms with van der Waals surface area (Å²) >= 11 is 1.45. The van der Waals surface area contributed by atoms with Crippen LogP contribution in [0.2, 0.25) is 0 Å². The first-order chi connectivity index (χ1) is 8.15. The van der Waals surface area contributed by atoms with Crippen LogP contribution in [0.25, 0.3) is 11.3 Å². The number of thiazole rings is 1. The zero-order valence-electron chi connectivity index (χ0n) is 10.0. The van der Waals surface area contributed by atoms with Crippen molar-refractivity contribution in [2.45, 2.75) is 13.8 Å². The molecule has 0 amide bonds. The van der Waals surface area contributed by atoms with Crippen LogP contribution in [0.15, 0.2) is 29.6 Å². The summed E-state index contributed by atoms with van der Waals surface area (Å²) in [6, 6.07) is 7.94. The fraction of sp³-hybridized carbons (Fsp3) is 0.308. The van der Waals surface area contributed by atoms with Gasteiger partial charge in [0.25, 0.3) is 0 Å². The molecular formula is C13H16N2OS. The molecule has 0 saturated heterocycles. The Labute approximate surface area is 105 Å². The quantitative estimate of drug-likeness (QED) is 0.901. The molecule has 4 heteroatoms. The molecule has 90 valence electrons. The SMILES string of the molecule is CC(C)COc1cccc(-c2csc(N)n2)c1. The minimum absolute atomic E-state index is 0.522. The van der Waals surface area contributed by atoms with Crippen molar-refractivity contribution in [3.63, 3.8) is 0 Å². The van der Waals surface area contributed by atoms with Crippen molar-refractivity contribution in [2.75, 3.05) is 12.3 Å². The van der Waals surface area contributed by atoms with Crippen LogP contribution in [-0.2, 0) is 0 Å². The summed E-state index contributed by atoms with van der Waals surface area (Å²) in [6.07, 6.45) is 0. The molecule has 0 radical (unpaired) electrons. The molecule has 2 rings (SSSR count). The van der Waals surface area contributed by atoms with Crippen molar-refractivity contribution in [3.05, 3.63) is 29.6 Å². The molecule has 0 fully saturated rings. The molecule has 0 aliphatic heterocycles. The van der Waals surface area contributed by atoms with Crippen molar-refractivity contribution < 1.29 is 4.74 Å². The lowest BCUT2D eigenvalue weighted by molar-refractivity contribution is 0.271. The third kappa shape index (κ3) is 3.20. The Morgan fingerprint density at radius 2 is 2.24 bits per heavy atom. The molecule has 17 heavy (non-hydrogen) atoms. The second-order valence-electron chi connectivity index (χ2n) is 4.30. The first-order valence-corrected chi connectivity index (χ1v) is 6.47. The van der Waals surface area contributed by atoms with Gasteiger partial charge in [0.2, 0.25) is 0 Å². The van der Waals surface area contributed by atoms with Gasteiger partial charge < -0.3 is 10.5 Å². The average Bonchev–Trinajstić information content (AvgIpc) is 2.74. The fourth-order valence-electron chi connectivity index (χ4n) is 1.43. The normalized spacial score (nSPS) is 10.8. The number of hydrogen-bond acceptors (Lipinski definition) is 4. The fourth-order valence-corrected chi connectivity index (χ4v) is 2.00. The van der Waals surface area contributed by atoms with Crippen LogP contribution in [0.4, 0.5) is 5.13 Å². The van der Waals surface area contributed by atoms with E-state index in [4.69, 9.17) is 10.5 Å². The highest BCUT2D eigenvalue weighted by Gasteiger charge is 2.04. The number of rotatable bonds is 4. The first kappa shape index (κ1) is 11.9. The van der Waals surface area contributed by atoms with E-state index in [1.807, 2.05) is 29.6 Å². The predicted molar refractivity (Wildman–Crippen MR) is 72.3 cm³/mol. The van der Waals surface area contributed by atoms with E-state index in [1.54, 1.807) is 0 Å². The molecular weight excluding hydrogens is 232 g/mol. The monoisotopic (exact) mass is 248 g/mol. The summed E-state index contributed by atoms with van der Waals surface area (Å²) in [5.41, 5.74) is 7.57. The van der Waals surface area contributed by atoms with Crippen LogP contribution in [0.5, 0.6) is 5.75 Å². The Hall–Kier alpha value is -1.55. The summed E-state index contributed by atoms with van der Waals surface area (Å²) in [7, 11) is 0. The molecule has 0 saturated carbocycles. The highest BCUT2D eigenvalue weighted by atomic mass is 32.1. The number of aromatic nitrogens is 1. The zero-order valence-corrected chi connectivity index (χ0v) is 10.8. The highest BCUT2D eigenvalue weighted by molar-refractivity contribution is 7.13. The van der Waals surface area contributed by atoms with Crippen LogP contribution in [-0.4, -0.2) is 11.6 Å². The van der Waals surface area contributed by atoms with Crippen LogP contribution in [0, 0.1) is 5.92 Å². The van der Waals surface area contributed by atoms with E-state index in [0.717, 1.165) is 23.6 Å². The summed E-state index contributed by atoms with van der Waals surface area (Å²) in [4.78, 5) is 4.26. The van der Waals surface area contributed by atoms with Gasteiger partial charge in [0, 0.05) is 10.9 Å². The first-order valence-electron chi connectivity index (χ1n) is 5.59. The molecule has 0 unspecified atom stereocenters. The van der Waals surface area contributed by atoms with E-state index in [0.29, 0.717) is 11.0 Å². The van der Waals surface area contributed by atoms with Gasteiger partial charge in [-0.3, -0.25) is 0 Å². The highest BCUT2D eigenvalue weighted by Crippen LogP contribution is 2.26. The Morgan fingerprint density at radius 1 is 1.41 bits per heavy atom. The van der Waals surface area contributed by atoms with Crippen LogP contribution < -0.4 is 10.5 Å². The number of benzene rings is 1. The van der Waals surface area contributed by atoms with E-state index in [2.05, 4.69) is 18.8 Å². The molecule has 0 atom stereocenters. The molecule has 2 N–H and O–H groups in total. The van der Waals surface area contributed by atoms with E-state index in [1.165, 1.54) is 11.3 Å². The molecule has 1 aromatic carbocycles. The van der Waals surface area contributed by atoms with Gasteiger partial charge in [-0.15, -0.1) is 11.3 Å². The Bertz CT molecular complexity index is 494. The van der Waals surface area contributed by atoms with Crippen molar-refractivity contribution in [3.8, 4) is 17.0 Å². The van der Waals surface area contributed by atoms with Gasteiger partial charge >= 0.3 is 0 Å². The van der Waals surface area contributed by atoms with Crippen LogP contribution in [0.1, 0.15) is 13.8 Å². The third-order valence-electron chi connectivity index (χ3n) is 2.24. The van der Waals surface area contributed by atoms with Gasteiger partial charge in [-0.25, -0.2) is 4.98 Å². The largest absolute Gasteiger partial charge is 0.493 e. The lowest BCUT2D eigenvalue weighted by Gasteiger charge is -2.09. The summed E-state index contributed by atoms with van der Waals surface area (Å²) in [6.45, 7) is 4.98. The van der Waals surface area contributed by atoms with Gasteiger partial charge in [0.15, 0.2) is 5.13 Å². The standard InChI is InChI=1S/C13H16N2OS/c1-9(2)7-16-11-5-3-4-10(6-11)12-8-17-13(14)15-12/h3-6,8-9H,7H2,1-2H3,(H2,14,15). The van der Waals surface area contributed by atoms with E-state index in [9.17, 15) is 0 Å². The van der Waals surface area contributed by atoms with Crippen molar-refractivity contribution in [1.82, 2.24) is 4.98 Å². The van der Waals surface area contributed by atoms with Gasteiger partial charge in [0.1, 0.15) is 5.75 Å². The second kappa shape index (κ2) is 5.19. The summed E-state index contributed by atoms with van der Waals surface area (Å²) in [5.74, 6) is 1.40. The average molecular weight is 248 g/mol. The number of hydrogen-bond donors (Lipinski definition) is 1. The zero-order chi connectivity index (χ0) is 12.3. The molecule has 2 aromatic rings. The smallest absolute Gasteiger partial charge is 0.180 e. The van der Waals surface area contributed by atoms with Crippen LogP contribution in [0.3, 0.4) is 0 Å². The van der Waals surface area contributed by atoms with Crippen molar-refractivity contribution >= 4 is 16.5 Å². The maximum absolute atomic E-state index is 5.68. The summed E-state index contributed by atoms with van der Waals surface area (Å²) in [5, 5.41) is 2.55. The predicted octanol–water partition coefficient (Wildman–Crippen LogP) is 3.43. The summed E-state index contributed by atoms with van der Waals surface area (Å²) < 4.78 is 5.68. The van der Waals surface area contributed by atoms with Gasteiger partial charge in [-0.1, -0.05) is 26.0 Å². The number of nitrogens with two attached hydrogens (primary N) is 1. The molecule has 0 bridgehead atoms. The number of nitrogens with zero attached hydrogens (tertiary/aromatic N) is 1. The van der Waals surface area contributed by atoms with Crippen molar-refractivity contribution in [1.29, 1.82) is 0 Å². The van der Waals surface area contributed by atoms with Crippen LogP contribution >= 0.6 is 11.3 Å². The number of nitrogen functional groups attached to an aromatic ring is 1. The van der Waals surface area contributed by atoms with Gasteiger partial charge in [-0.2, -0.15) is 0 Å². The molecule has 1 heterocycles. The van der Waals surface area contributed by atoms with Gasteiger partial charge in [-0.05, 0) is 18.1 Å². The number of anilines is 1. The van der Waals surface area contributed by atoms with Gasteiger partial charge in [0.05, 0.1) is 12.3 Å². The third-order valence-corrected chi connectivity index (χ3v) is 2.91. The lowest BCUT2D eigenvalue weighted by Crippen LogP contribution is -2.04. The molecule has 0 aliphatic carbocycles. The van der Waals surface area contributed by atoms with E-state index >= 15 is 0 Å². The Balaban J connectivity index is 2.16. The maximum Gasteiger partial charge on any atom is 0.180 e. The minimum atomic E-state index is 0.522. The topological polar surface area (TPSA) is 48.1 Å².